The third kappa shape index (κ3) is 3.04. The van der Waals surface area contributed by atoms with Crippen LogP contribution >= 0.6 is 15.9 Å². The first-order valence-corrected chi connectivity index (χ1v) is 6.44. The number of nitrogens with zero attached hydrogens (tertiary/aromatic N) is 1. The molecule has 1 aromatic rings. The van der Waals surface area contributed by atoms with Crippen molar-refractivity contribution < 1.29 is 0 Å². The van der Waals surface area contributed by atoms with Gasteiger partial charge < -0.3 is 0 Å². The largest absolute Gasteiger partial charge is 0.265 e. The molecular weight excluding hydrogens is 250 g/mol. The van der Waals surface area contributed by atoms with E-state index in [0.717, 1.165) is 0 Å². The smallest absolute Gasteiger partial charge is 0.0270 e. The van der Waals surface area contributed by atoms with Crippen LogP contribution in [0.2, 0.25) is 0 Å². The van der Waals surface area contributed by atoms with Gasteiger partial charge in [0.2, 0.25) is 0 Å². The van der Waals surface area contributed by atoms with Crippen molar-refractivity contribution in [2.24, 2.45) is 5.41 Å². The molecular formula is C13H20BrN. The average Bonchev–Trinajstić information content (AvgIpc) is 2.28. The Bertz CT molecular complexity index is 295. The maximum atomic E-state index is 4.05. The van der Waals surface area contributed by atoms with Crippen molar-refractivity contribution in [2.75, 3.05) is 0 Å². The fraction of sp³-hybridized carbons (Fsp3) is 0.615. The van der Waals surface area contributed by atoms with E-state index in [1.165, 1.54) is 12.0 Å². The number of hydrogen-bond acceptors (Lipinski definition) is 1. The van der Waals surface area contributed by atoms with Crippen LogP contribution in [-0.2, 0) is 0 Å². The summed E-state index contributed by atoms with van der Waals surface area (Å²) < 4.78 is 0. The Balaban J connectivity index is 2.82. The zero-order valence-corrected chi connectivity index (χ0v) is 11.6. The molecule has 84 valence electrons. The van der Waals surface area contributed by atoms with Crippen LogP contribution in [0.25, 0.3) is 0 Å². The van der Waals surface area contributed by atoms with E-state index in [-0.39, 0.29) is 0 Å². The first kappa shape index (κ1) is 12.7. The van der Waals surface area contributed by atoms with E-state index >= 15 is 0 Å². The minimum Gasteiger partial charge on any atom is -0.265 e. The summed E-state index contributed by atoms with van der Waals surface area (Å²) in [6.45, 7) is 9.13. The lowest BCUT2D eigenvalue weighted by molar-refractivity contribution is 0.318. The molecule has 15 heavy (non-hydrogen) atoms. The molecule has 0 aromatic carbocycles. The van der Waals surface area contributed by atoms with Gasteiger partial charge in [-0.1, -0.05) is 43.6 Å². The summed E-state index contributed by atoms with van der Waals surface area (Å²) in [6, 6.07) is 4.20. The SMILES string of the molecule is CCC(C)(C)C(Br)C(C)c1ccncc1. The predicted octanol–water partition coefficient (Wildman–Crippen LogP) is 4.38. The molecule has 1 rings (SSSR count). The fourth-order valence-corrected chi connectivity index (χ4v) is 2.34. The molecule has 0 N–H and O–H groups in total. The van der Waals surface area contributed by atoms with Gasteiger partial charge in [-0.2, -0.15) is 0 Å². The summed E-state index contributed by atoms with van der Waals surface area (Å²) in [4.78, 5) is 4.55. The van der Waals surface area contributed by atoms with E-state index in [1.807, 2.05) is 12.4 Å². The molecule has 2 unspecified atom stereocenters. The molecule has 0 amide bonds. The highest BCUT2D eigenvalue weighted by Gasteiger charge is 2.30. The van der Waals surface area contributed by atoms with E-state index in [9.17, 15) is 0 Å². The molecule has 0 aliphatic carbocycles. The third-order valence-electron chi connectivity index (χ3n) is 3.33. The van der Waals surface area contributed by atoms with Crippen molar-refractivity contribution in [2.45, 2.75) is 44.9 Å². The lowest BCUT2D eigenvalue weighted by atomic mass is 9.79. The normalized spacial score (nSPS) is 16.1. The highest BCUT2D eigenvalue weighted by Crippen LogP contribution is 2.39. The number of aromatic nitrogens is 1. The first-order chi connectivity index (χ1) is 6.99. The predicted molar refractivity (Wildman–Crippen MR) is 69.4 cm³/mol. The summed E-state index contributed by atoms with van der Waals surface area (Å²) in [6.07, 6.45) is 4.91. The van der Waals surface area contributed by atoms with Crippen molar-refractivity contribution in [3.05, 3.63) is 30.1 Å². The third-order valence-corrected chi connectivity index (χ3v) is 5.36. The van der Waals surface area contributed by atoms with E-state index < -0.39 is 0 Å². The molecule has 0 bridgehead atoms. The van der Waals surface area contributed by atoms with E-state index in [1.54, 1.807) is 0 Å². The van der Waals surface area contributed by atoms with Crippen molar-refractivity contribution in [3.8, 4) is 0 Å². The minimum absolute atomic E-state index is 0.322. The van der Waals surface area contributed by atoms with Gasteiger partial charge >= 0.3 is 0 Å². The van der Waals surface area contributed by atoms with Gasteiger partial charge in [0, 0.05) is 17.2 Å². The van der Waals surface area contributed by atoms with Gasteiger partial charge in [0.25, 0.3) is 0 Å². The zero-order chi connectivity index (χ0) is 11.5. The summed E-state index contributed by atoms with van der Waals surface area (Å²) in [5, 5.41) is 0. The van der Waals surface area contributed by atoms with Crippen molar-refractivity contribution in [1.82, 2.24) is 4.98 Å². The molecule has 0 aliphatic rings. The highest BCUT2D eigenvalue weighted by atomic mass is 79.9. The van der Waals surface area contributed by atoms with Gasteiger partial charge in [-0.3, -0.25) is 4.98 Å². The second kappa shape index (κ2) is 5.11. The van der Waals surface area contributed by atoms with Gasteiger partial charge in [0.05, 0.1) is 0 Å². The Kier molecular flexibility index (Phi) is 4.32. The van der Waals surface area contributed by atoms with Gasteiger partial charge in [0.1, 0.15) is 0 Å². The molecule has 0 aliphatic heterocycles. The summed E-state index contributed by atoms with van der Waals surface area (Å²) in [5.74, 6) is 0.517. The molecule has 2 atom stereocenters. The number of hydrogen-bond donors (Lipinski definition) is 0. The topological polar surface area (TPSA) is 12.9 Å². The standard InChI is InChI=1S/C13H20BrN/c1-5-13(3,4)12(14)10(2)11-6-8-15-9-7-11/h6-10,12H,5H2,1-4H3. The van der Waals surface area contributed by atoms with Crippen molar-refractivity contribution in [1.29, 1.82) is 0 Å². The van der Waals surface area contributed by atoms with Gasteiger partial charge in [-0.15, -0.1) is 0 Å². The molecule has 0 saturated heterocycles. The number of halogens is 1. The maximum Gasteiger partial charge on any atom is 0.0270 e. The second-order valence-electron chi connectivity index (χ2n) is 4.81. The van der Waals surface area contributed by atoms with Gasteiger partial charge in [-0.25, -0.2) is 0 Å². The van der Waals surface area contributed by atoms with Crippen LogP contribution in [0.1, 0.15) is 45.6 Å². The van der Waals surface area contributed by atoms with Crippen LogP contribution in [0.4, 0.5) is 0 Å². The highest BCUT2D eigenvalue weighted by molar-refractivity contribution is 9.09. The van der Waals surface area contributed by atoms with Gasteiger partial charge in [-0.05, 0) is 35.4 Å². The number of alkyl halides is 1. The Labute approximate surface area is 101 Å². The molecule has 0 saturated carbocycles. The molecule has 0 fully saturated rings. The Morgan fingerprint density at radius 2 is 1.87 bits per heavy atom. The Morgan fingerprint density at radius 1 is 1.33 bits per heavy atom. The summed E-state index contributed by atoms with van der Waals surface area (Å²) in [5.41, 5.74) is 1.68. The Hall–Kier alpha value is -0.370. The summed E-state index contributed by atoms with van der Waals surface area (Å²) in [7, 11) is 0. The first-order valence-electron chi connectivity index (χ1n) is 5.53. The number of rotatable bonds is 4. The van der Waals surface area contributed by atoms with E-state index in [4.69, 9.17) is 0 Å². The minimum atomic E-state index is 0.322. The monoisotopic (exact) mass is 269 g/mol. The molecule has 0 radical (unpaired) electrons. The number of pyridine rings is 1. The Morgan fingerprint density at radius 3 is 2.33 bits per heavy atom. The lowest BCUT2D eigenvalue weighted by Crippen LogP contribution is -2.28. The molecule has 1 nitrogen and oxygen atoms in total. The quantitative estimate of drug-likeness (QED) is 0.740. The van der Waals surface area contributed by atoms with E-state index in [2.05, 4.69) is 60.7 Å². The van der Waals surface area contributed by atoms with Crippen LogP contribution in [-0.4, -0.2) is 9.81 Å². The van der Waals surface area contributed by atoms with Crippen LogP contribution in [0.3, 0.4) is 0 Å². The van der Waals surface area contributed by atoms with Crippen LogP contribution < -0.4 is 0 Å². The van der Waals surface area contributed by atoms with Crippen molar-refractivity contribution in [3.63, 3.8) is 0 Å². The lowest BCUT2D eigenvalue weighted by Gasteiger charge is -2.33. The molecule has 1 aromatic heterocycles. The van der Waals surface area contributed by atoms with E-state index in [0.29, 0.717) is 16.2 Å². The fourth-order valence-electron chi connectivity index (χ4n) is 1.71. The maximum absolute atomic E-state index is 4.05. The zero-order valence-electron chi connectivity index (χ0n) is 10.00. The van der Waals surface area contributed by atoms with Gasteiger partial charge in [0.15, 0.2) is 0 Å². The van der Waals surface area contributed by atoms with Crippen LogP contribution in [0.15, 0.2) is 24.5 Å². The molecule has 0 spiro atoms. The van der Waals surface area contributed by atoms with Crippen LogP contribution in [0, 0.1) is 5.41 Å². The second-order valence-corrected chi connectivity index (χ2v) is 5.80. The van der Waals surface area contributed by atoms with Crippen LogP contribution in [0.5, 0.6) is 0 Å². The molecule has 1 heterocycles. The summed E-state index contributed by atoms with van der Waals surface area (Å²) >= 11 is 3.84. The average molecular weight is 270 g/mol. The van der Waals surface area contributed by atoms with Crippen molar-refractivity contribution >= 4 is 15.9 Å². The molecule has 2 heteroatoms.